The largest absolute Gasteiger partial charge is 0.465 e. The first-order chi connectivity index (χ1) is 8.86. The number of hydrogen-bond donors (Lipinski definition) is 1. The molecule has 0 fully saturated rings. The van der Waals surface area contributed by atoms with Gasteiger partial charge in [0, 0.05) is 19.8 Å². The van der Waals surface area contributed by atoms with Crippen LogP contribution in [0.5, 0.6) is 0 Å². The molecule has 1 amide bonds. The number of amides is 1. The van der Waals surface area contributed by atoms with E-state index in [0.717, 1.165) is 11.3 Å². The lowest BCUT2D eigenvalue weighted by molar-refractivity contribution is -0.129. The van der Waals surface area contributed by atoms with E-state index < -0.39 is 5.97 Å². The number of likely N-dealkylation sites (N-methyl/N-ethyl adjacent to an activating group) is 1. The number of nitrogens with zero attached hydrogens (tertiary/aromatic N) is 1. The fourth-order valence-electron chi connectivity index (χ4n) is 1.70. The van der Waals surface area contributed by atoms with E-state index in [4.69, 9.17) is 0 Å². The molecule has 5 nitrogen and oxygen atoms in total. The zero-order valence-corrected chi connectivity index (χ0v) is 12.0. The van der Waals surface area contributed by atoms with E-state index in [9.17, 15) is 9.59 Å². The van der Waals surface area contributed by atoms with Crippen LogP contribution in [-0.2, 0) is 9.53 Å². The summed E-state index contributed by atoms with van der Waals surface area (Å²) < 4.78 is 4.68. The van der Waals surface area contributed by atoms with Crippen molar-refractivity contribution in [2.75, 3.05) is 26.5 Å². The van der Waals surface area contributed by atoms with Gasteiger partial charge in [-0.2, -0.15) is 0 Å². The molecule has 1 atom stereocenters. The molecule has 104 valence electrons. The van der Waals surface area contributed by atoms with E-state index in [0.29, 0.717) is 5.56 Å². The number of nitrogens with one attached hydrogen (secondary N) is 1. The summed E-state index contributed by atoms with van der Waals surface area (Å²) in [6.45, 7) is 3.70. The number of carbonyl (C=O) groups excluding carboxylic acids is 2. The molecule has 1 rings (SSSR count). The Hall–Kier alpha value is -2.04. The van der Waals surface area contributed by atoms with Gasteiger partial charge in [0.2, 0.25) is 5.91 Å². The molecule has 1 N–H and O–H groups in total. The van der Waals surface area contributed by atoms with Crippen molar-refractivity contribution in [2.24, 2.45) is 0 Å². The number of benzene rings is 1. The maximum Gasteiger partial charge on any atom is 0.337 e. The molecule has 1 aromatic rings. The highest BCUT2D eigenvalue weighted by molar-refractivity contribution is 5.91. The zero-order valence-electron chi connectivity index (χ0n) is 12.0. The Bertz CT molecular complexity index is 484. The number of ether oxygens (including phenoxy) is 1. The van der Waals surface area contributed by atoms with Gasteiger partial charge in [0.25, 0.3) is 0 Å². The molecule has 0 aromatic heterocycles. The van der Waals surface area contributed by atoms with Gasteiger partial charge >= 0.3 is 5.97 Å². The summed E-state index contributed by atoms with van der Waals surface area (Å²) in [6, 6.07) is 4.86. The molecule has 0 bridgehead atoms. The van der Waals surface area contributed by atoms with Crippen molar-refractivity contribution < 1.29 is 14.3 Å². The fourth-order valence-corrected chi connectivity index (χ4v) is 1.70. The molecule has 0 spiro atoms. The van der Waals surface area contributed by atoms with Crippen molar-refractivity contribution in [3.05, 3.63) is 29.3 Å². The van der Waals surface area contributed by atoms with E-state index in [1.54, 1.807) is 33.2 Å². The van der Waals surface area contributed by atoms with Gasteiger partial charge in [-0.15, -0.1) is 0 Å². The first-order valence-electron chi connectivity index (χ1n) is 6.03. The van der Waals surface area contributed by atoms with E-state index in [-0.39, 0.29) is 11.9 Å². The molecule has 0 saturated heterocycles. The van der Waals surface area contributed by atoms with Crippen molar-refractivity contribution in [3.8, 4) is 0 Å². The van der Waals surface area contributed by atoms with Crippen LogP contribution in [0, 0.1) is 6.92 Å². The number of hydrogen-bond acceptors (Lipinski definition) is 4. The van der Waals surface area contributed by atoms with Crippen LogP contribution >= 0.6 is 0 Å². The van der Waals surface area contributed by atoms with E-state index in [1.807, 2.05) is 13.0 Å². The van der Waals surface area contributed by atoms with Gasteiger partial charge < -0.3 is 15.0 Å². The number of aryl methyl sites for hydroxylation is 1. The Labute approximate surface area is 113 Å². The van der Waals surface area contributed by atoms with Crippen molar-refractivity contribution in [1.29, 1.82) is 0 Å². The van der Waals surface area contributed by atoms with E-state index >= 15 is 0 Å². The van der Waals surface area contributed by atoms with Crippen LogP contribution < -0.4 is 5.32 Å². The number of esters is 1. The van der Waals surface area contributed by atoms with Crippen LogP contribution in [0.2, 0.25) is 0 Å². The van der Waals surface area contributed by atoms with E-state index in [2.05, 4.69) is 10.1 Å². The molecule has 5 heteroatoms. The Kier molecular flexibility index (Phi) is 4.92. The number of carbonyl (C=O) groups is 2. The van der Waals surface area contributed by atoms with Gasteiger partial charge in [-0.3, -0.25) is 4.79 Å². The highest BCUT2D eigenvalue weighted by Crippen LogP contribution is 2.18. The minimum atomic E-state index is -0.394. The van der Waals surface area contributed by atoms with Crippen LogP contribution in [0.3, 0.4) is 0 Å². The highest BCUT2D eigenvalue weighted by Gasteiger charge is 2.16. The van der Waals surface area contributed by atoms with Crippen LogP contribution in [0.15, 0.2) is 18.2 Å². The smallest absolute Gasteiger partial charge is 0.337 e. The minimum absolute atomic E-state index is 0.0251. The maximum absolute atomic E-state index is 11.8. The molecular weight excluding hydrogens is 244 g/mol. The molecule has 0 aliphatic rings. The predicted molar refractivity (Wildman–Crippen MR) is 74.3 cm³/mol. The lowest BCUT2D eigenvalue weighted by atomic mass is 10.1. The second kappa shape index (κ2) is 6.22. The summed E-state index contributed by atoms with van der Waals surface area (Å²) in [5.41, 5.74) is 2.18. The van der Waals surface area contributed by atoms with Crippen molar-refractivity contribution in [2.45, 2.75) is 19.9 Å². The van der Waals surface area contributed by atoms with Crippen molar-refractivity contribution >= 4 is 17.6 Å². The van der Waals surface area contributed by atoms with Crippen LogP contribution in [-0.4, -0.2) is 44.0 Å². The zero-order chi connectivity index (χ0) is 14.6. The molecule has 0 aliphatic heterocycles. The molecule has 0 radical (unpaired) electrons. The Balaban J connectivity index is 2.94. The lowest BCUT2D eigenvalue weighted by Gasteiger charge is -2.20. The van der Waals surface area contributed by atoms with Crippen molar-refractivity contribution in [1.82, 2.24) is 4.90 Å². The minimum Gasteiger partial charge on any atom is -0.465 e. The van der Waals surface area contributed by atoms with Crippen LogP contribution in [0.4, 0.5) is 5.69 Å². The maximum atomic E-state index is 11.8. The van der Waals surface area contributed by atoms with Gasteiger partial charge in [0.15, 0.2) is 0 Å². The topological polar surface area (TPSA) is 58.6 Å². The van der Waals surface area contributed by atoms with Crippen molar-refractivity contribution in [3.63, 3.8) is 0 Å². The standard InChI is InChI=1S/C14H20N2O3/c1-9-6-7-11(14(18)19-5)8-12(9)15-10(2)13(17)16(3)4/h6-8,10,15H,1-5H3/t10-/m0/s1. The molecule has 0 heterocycles. The Morgan fingerprint density at radius 1 is 1.32 bits per heavy atom. The summed E-state index contributed by atoms with van der Waals surface area (Å²) in [5, 5.41) is 3.11. The summed E-state index contributed by atoms with van der Waals surface area (Å²) in [4.78, 5) is 24.8. The molecule has 0 unspecified atom stereocenters. The SMILES string of the molecule is COC(=O)c1ccc(C)c(N[C@@H](C)C(=O)N(C)C)c1. The summed E-state index contributed by atoms with van der Waals surface area (Å²) in [7, 11) is 4.75. The first-order valence-corrected chi connectivity index (χ1v) is 6.03. The average molecular weight is 264 g/mol. The second-order valence-electron chi connectivity index (χ2n) is 4.62. The molecule has 1 aromatic carbocycles. The lowest BCUT2D eigenvalue weighted by Crippen LogP contribution is -2.36. The summed E-state index contributed by atoms with van der Waals surface area (Å²) in [5.74, 6) is -0.419. The monoisotopic (exact) mass is 264 g/mol. The Morgan fingerprint density at radius 2 is 1.95 bits per heavy atom. The fraction of sp³-hybridized carbons (Fsp3) is 0.429. The first kappa shape index (κ1) is 15.0. The third kappa shape index (κ3) is 3.71. The summed E-state index contributed by atoms with van der Waals surface area (Å²) in [6.07, 6.45) is 0. The van der Waals surface area contributed by atoms with Crippen LogP contribution in [0.25, 0.3) is 0 Å². The molecule has 0 aliphatic carbocycles. The third-order valence-corrected chi connectivity index (χ3v) is 2.84. The Morgan fingerprint density at radius 3 is 2.47 bits per heavy atom. The van der Waals surface area contributed by atoms with E-state index in [1.165, 1.54) is 12.0 Å². The quantitative estimate of drug-likeness (QED) is 0.840. The van der Waals surface area contributed by atoms with Gasteiger partial charge in [-0.1, -0.05) is 6.07 Å². The van der Waals surface area contributed by atoms with Gasteiger partial charge in [0.05, 0.1) is 12.7 Å². The average Bonchev–Trinajstić information content (AvgIpc) is 2.39. The van der Waals surface area contributed by atoms with Gasteiger partial charge in [-0.25, -0.2) is 4.79 Å². The predicted octanol–water partition coefficient (Wildman–Crippen LogP) is 1.67. The molecular formula is C14H20N2O3. The number of rotatable bonds is 4. The number of anilines is 1. The molecule has 0 saturated carbocycles. The highest BCUT2D eigenvalue weighted by atomic mass is 16.5. The van der Waals surface area contributed by atoms with Crippen LogP contribution in [0.1, 0.15) is 22.8 Å². The number of methoxy groups -OCH3 is 1. The summed E-state index contributed by atoms with van der Waals surface area (Å²) >= 11 is 0. The van der Waals surface area contributed by atoms with Gasteiger partial charge in [-0.05, 0) is 31.5 Å². The second-order valence-corrected chi connectivity index (χ2v) is 4.62. The third-order valence-electron chi connectivity index (χ3n) is 2.84. The normalized spacial score (nSPS) is 11.6. The van der Waals surface area contributed by atoms with Gasteiger partial charge in [0.1, 0.15) is 6.04 Å². The molecule has 19 heavy (non-hydrogen) atoms.